The molecule has 36 heavy (non-hydrogen) atoms. The lowest BCUT2D eigenvalue weighted by molar-refractivity contribution is -0.126. The molecular formula is C27H27N3O5S. The summed E-state index contributed by atoms with van der Waals surface area (Å²) in [5.74, 6) is -0.922. The van der Waals surface area contributed by atoms with Crippen molar-refractivity contribution >= 4 is 27.0 Å². The van der Waals surface area contributed by atoms with Crippen LogP contribution in [-0.2, 0) is 21.9 Å². The third-order valence-electron chi connectivity index (χ3n) is 6.78. The molecule has 0 spiro atoms. The lowest BCUT2D eigenvalue weighted by atomic mass is 9.94. The summed E-state index contributed by atoms with van der Waals surface area (Å²) in [6.45, 7) is 0.469. The van der Waals surface area contributed by atoms with Gasteiger partial charge in [0.2, 0.25) is 15.9 Å². The maximum Gasteiger partial charge on any atom is 0.419 e. The fourth-order valence-electron chi connectivity index (χ4n) is 4.69. The molecule has 186 valence electrons. The summed E-state index contributed by atoms with van der Waals surface area (Å²) in [6.07, 6.45) is 0.841. The maximum absolute atomic E-state index is 13.2. The Balaban J connectivity index is 1.29. The molecule has 1 N–H and O–H groups in total. The van der Waals surface area contributed by atoms with Crippen molar-refractivity contribution in [2.24, 2.45) is 13.0 Å². The standard InChI is InChI=1S/C27H27N3O5S/c1-29-23-13-12-22(18-24(23)35-27(29)32)36(33,34)30-16-14-21(15-17-30)26(31)28-25(19-8-4-2-5-9-19)20-10-6-3-7-11-20/h2-13,18,21,25H,14-17H2,1H3,(H,28,31). The van der Waals surface area contributed by atoms with Crippen molar-refractivity contribution in [3.05, 3.63) is 101 Å². The van der Waals surface area contributed by atoms with Gasteiger partial charge < -0.3 is 9.73 Å². The highest BCUT2D eigenvalue weighted by Crippen LogP contribution is 2.28. The van der Waals surface area contributed by atoms with Gasteiger partial charge in [0.05, 0.1) is 16.5 Å². The lowest BCUT2D eigenvalue weighted by Crippen LogP contribution is -2.43. The van der Waals surface area contributed by atoms with Gasteiger partial charge >= 0.3 is 5.76 Å². The third kappa shape index (κ3) is 4.59. The van der Waals surface area contributed by atoms with Crippen LogP contribution in [0.25, 0.3) is 11.1 Å². The fraction of sp³-hybridized carbons (Fsp3) is 0.259. The molecule has 1 aliphatic rings. The van der Waals surface area contributed by atoms with E-state index >= 15 is 0 Å². The minimum Gasteiger partial charge on any atom is -0.408 e. The molecule has 1 aliphatic heterocycles. The van der Waals surface area contributed by atoms with Crippen LogP contribution >= 0.6 is 0 Å². The second-order valence-corrected chi connectivity index (χ2v) is 10.9. The topological polar surface area (TPSA) is 102 Å². The highest BCUT2D eigenvalue weighted by Gasteiger charge is 2.33. The number of benzene rings is 3. The Labute approximate surface area is 209 Å². The highest BCUT2D eigenvalue weighted by molar-refractivity contribution is 7.89. The number of nitrogens with one attached hydrogen (secondary N) is 1. The van der Waals surface area contributed by atoms with E-state index in [2.05, 4.69) is 5.32 Å². The number of fused-ring (bicyclic) bond motifs is 1. The molecule has 0 saturated carbocycles. The van der Waals surface area contributed by atoms with Gasteiger partial charge in [0.25, 0.3) is 0 Å². The number of amides is 1. The summed E-state index contributed by atoms with van der Waals surface area (Å²) in [5, 5.41) is 3.18. The first kappa shape index (κ1) is 24.0. The van der Waals surface area contributed by atoms with Crippen LogP contribution in [0, 0.1) is 5.92 Å². The molecule has 0 atom stereocenters. The van der Waals surface area contributed by atoms with Crippen LogP contribution in [0.1, 0.15) is 30.0 Å². The van der Waals surface area contributed by atoms with Gasteiger partial charge in [-0.05, 0) is 36.1 Å². The smallest absolute Gasteiger partial charge is 0.408 e. The van der Waals surface area contributed by atoms with E-state index in [0.29, 0.717) is 18.4 Å². The highest BCUT2D eigenvalue weighted by atomic mass is 32.2. The van der Waals surface area contributed by atoms with Crippen LogP contribution in [0.3, 0.4) is 0 Å². The van der Waals surface area contributed by atoms with Crippen LogP contribution in [0.4, 0.5) is 0 Å². The number of sulfonamides is 1. The number of piperidine rings is 1. The molecule has 3 aromatic carbocycles. The largest absolute Gasteiger partial charge is 0.419 e. The second kappa shape index (κ2) is 9.75. The summed E-state index contributed by atoms with van der Waals surface area (Å²) in [4.78, 5) is 25.1. The quantitative estimate of drug-likeness (QED) is 0.433. The predicted octanol–water partition coefficient (Wildman–Crippen LogP) is 3.44. The van der Waals surface area contributed by atoms with Crippen molar-refractivity contribution in [1.29, 1.82) is 0 Å². The first-order valence-corrected chi connectivity index (χ1v) is 13.3. The lowest BCUT2D eigenvalue weighted by Gasteiger charge is -2.31. The number of nitrogens with zero attached hydrogens (tertiary/aromatic N) is 2. The molecule has 9 heteroatoms. The van der Waals surface area contributed by atoms with Crippen molar-refractivity contribution in [1.82, 2.24) is 14.2 Å². The van der Waals surface area contributed by atoms with E-state index < -0.39 is 15.8 Å². The number of rotatable bonds is 6. The van der Waals surface area contributed by atoms with Crippen LogP contribution < -0.4 is 11.1 Å². The van der Waals surface area contributed by atoms with E-state index in [1.54, 1.807) is 13.1 Å². The van der Waals surface area contributed by atoms with Crippen molar-refractivity contribution in [2.75, 3.05) is 13.1 Å². The van der Waals surface area contributed by atoms with Crippen molar-refractivity contribution < 1.29 is 17.6 Å². The molecule has 1 fully saturated rings. The second-order valence-electron chi connectivity index (χ2n) is 9.00. The van der Waals surface area contributed by atoms with Crippen LogP contribution in [0.2, 0.25) is 0 Å². The van der Waals surface area contributed by atoms with E-state index in [0.717, 1.165) is 11.1 Å². The van der Waals surface area contributed by atoms with Crippen LogP contribution in [0.5, 0.6) is 0 Å². The van der Waals surface area contributed by atoms with E-state index in [9.17, 15) is 18.0 Å². The normalized spacial score (nSPS) is 15.4. The molecule has 0 aliphatic carbocycles. The number of carbonyl (C=O) groups is 1. The van der Waals surface area contributed by atoms with Crippen molar-refractivity contribution in [2.45, 2.75) is 23.8 Å². The van der Waals surface area contributed by atoms with E-state index in [-0.39, 0.29) is 41.4 Å². The Morgan fingerprint density at radius 2 is 1.53 bits per heavy atom. The SMILES string of the molecule is Cn1c(=O)oc2cc(S(=O)(=O)N3CCC(C(=O)NC(c4ccccc4)c4ccccc4)CC3)ccc21. The first-order valence-electron chi connectivity index (χ1n) is 11.8. The molecule has 1 aromatic heterocycles. The molecule has 0 radical (unpaired) electrons. The molecule has 2 heterocycles. The van der Waals surface area contributed by atoms with Gasteiger partial charge in [-0.3, -0.25) is 9.36 Å². The average molecular weight is 506 g/mol. The van der Waals surface area contributed by atoms with Gasteiger partial charge in [0.15, 0.2) is 5.58 Å². The van der Waals surface area contributed by atoms with Crippen LogP contribution in [0.15, 0.2) is 93.0 Å². The Bertz CT molecular complexity index is 1500. The monoisotopic (exact) mass is 505 g/mol. The number of hydrogen-bond donors (Lipinski definition) is 1. The molecule has 0 unspecified atom stereocenters. The molecule has 0 bridgehead atoms. The van der Waals surface area contributed by atoms with Crippen LogP contribution in [-0.4, -0.2) is 36.3 Å². The number of hydrogen-bond acceptors (Lipinski definition) is 5. The first-order chi connectivity index (χ1) is 17.3. The Kier molecular flexibility index (Phi) is 6.51. The third-order valence-corrected chi connectivity index (χ3v) is 8.67. The van der Waals surface area contributed by atoms with Gasteiger partial charge in [0.1, 0.15) is 0 Å². The molecule has 1 amide bonds. The number of oxazole rings is 1. The zero-order valence-electron chi connectivity index (χ0n) is 19.8. The predicted molar refractivity (Wildman–Crippen MR) is 136 cm³/mol. The van der Waals surface area contributed by atoms with Gasteiger partial charge in [0, 0.05) is 32.1 Å². The minimum absolute atomic E-state index is 0.0699. The summed E-state index contributed by atoms with van der Waals surface area (Å²) in [7, 11) is -2.22. The Morgan fingerprint density at radius 3 is 2.11 bits per heavy atom. The molecule has 8 nitrogen and oxygen atoms in total. The number of carbonyl (C=O) groups excluding carboxylic acids is 1. The van der Waals surface area contributed by atoms with Gasteiger partial charge in [-0.1, -0.05) is 60.7 Å². The van der Waals surface area contributed by atoms with Gasteiger partial charge in [-0.25, -0.2) is 13.2 Å². The zero-order valence-corrected chi connectivity index (χ0v) is 20.6. The summed E-state index contributed by atoms with van der Waals surface area (Å²) >= 11 is 0. The maximum atomic E-state index is 13.2. The molecule has 4 aromatic rings. The summed E-state index contributed by atoms with van der Waals surface area (Å²) in [5.41, 5.74) is 2.73. The molecule has 5 rings (SSSR count). The van der Waals surface area contributed by atoms with Crippen molar-refractivity contribution in [3.63, 3.8) is 0 Å². The van der Waals surface area contributed by atoms with E-state index in [4.69, 9.17) is 4.42 Å². The number of aromatic nitrogens is 1. The summed E-state index contributed by atoms with van der Waals surface area (Å²) < 4.78 is 34.4. The Morgan fingerprint density at radius 1 is 0.944 bits per heavy atom. The summed E-state index contributed by atoms with van der Waals surface area (Å²) in [6, 6.07) is 23.7. The van der Waals surface area contributed by atoms with Gasteiger partial charge in [-0.2, -0.15) is 4.31 Å². The van der Waals surface area contributed by atoms with Gasteiger partial charge in [-0.15, -0.1) is 0 Å². The van der Waals surface area contributed by atoms with Crippen molar-refractivity contribution in [3.8, 4) is 0 Å². The average Bonchev–Trinajstić information content (AvgIpc) is 3.20. The Hall–Kier alpha value is -3.69. The molecule has 1 saturated heterocycles. The van der Waals surface area contributed by atoms with E-state index in [1.807, 2.05) is 60.7 Å². The number of aryl methyl sites for hydroxylation is 1. The molecular weight excluding hydrogens is 478 g/mol. The zero-order chi connectivity index (χ0) is 25.3. The minimum atomic E-state index is -3.78. The fourth-order valence-corrected chi connectivity index (χ4v) is 6.18. The van der Waals surface area contributed by atoms with E-state index in [1.165, 1.54) is 21.0 Å².